The van der Waals surface area contributed by atoms with Gasteiger partial charge in [-0.1, -0.05) is 29.8 Å². The highest BCUT2D eigenvalue weighted by molar-refractivity contribution is 6.31. The molecule has 5 heteroatoms. The van der Waals surface area contributed by atoms with Crippen LogP contribution in [0.4, 0.5) is 0 Å². The van der Waals surface area contributed by atoms with E-state index in [4.69, 9.17) is 17.3 Å². The molecule has 1 aromatic rings. The van der Waals surface area contributed by atoms with Gasteiger partial charge in [0.2, 0.25) is 0 Å². The maximum atomic E-state index is 5.98. The van der Waals surface area contributed by atoms with Crippen LogP contribution in [0.1, 0.15) is 11.6 Å². The molecule has 0 saturated heterocycles. The quantitative estimate of drug-likeness (QED) is 0.873. The minimum atomic E-state index is 0. The second-order valence-electron chi connectivity index (χ2n) is 2.60. The van der Waals surface area contributed by atoms with Gasteiger partial charge in [0, 0.05) is 17.6 Å². The summed E-state index contributed by atoms with van der Waals surface area (Å²) >= 11 is 5.98. The first-order chi connectivity index (χ1) is 5.79. The van der Waals surface area contributed by atoms with Crippen molar-refractivity contribution in [1.82, 2.24) is 5.32 Å². The van der Waals surface area contributed by atoms with Gasteiger partial charge >= 0.3 is 0 Å². The van der Waals surface area contributed by atoms with E-state index < -0.39 is 0 Å². The third-order valence-corrected chi connectivity index (χ3v) is 2.21. The highest BCUT2D eigenvalue weighted by Crippen LogP contribution is 2.21. The Morgan fingerprint density at radius 1 is 1.36 bits per heavy atom. The first-order valence-electron chi connectivity index (χ1n) is 3.91. The molecule has 2 nitrogen and oxygen atoms in total. The molecule has 0 aliphatic rings. The Labute approximate surface area is 102 Å². The van der Waals surface area contributed by atoms with Gasteiger partial charge < -0.3 is 11.1 Å². The Hall–Kier alpha value is 0.01000. The molecule has 3 N–H and O–H groups in total. The number of benzene rings is 1. The van der Waals surface area contributed by atoms with Crippen LogP contribution < -0.4 is 11.1 Å². The lowest BCUT2D eigenvalue weighted by Gasteiger charge is -2.14. The smallest absolute Gasteiger partial charge is 0.0456 e. The molecule has 0 amide bonds. The second kappa shape index (κ2) is 8.33. The number of hydrogen-bond acceptors (Lipinski definition) is 2. The molecule has 1 unspecified atom stereocenters. The van der Waals surface area contributed by atoms with Crippen LogP contribution in [0.15, 0.2) is 24.3 Å². The second-order valence-corrected chi connectivity index (χ2v) is 3.01. The van der Waals surface area contributed by atoms with Gasteiger partial charge in [-0.15, -0.1) is 24.8 Å². The Balaban J connectivity index is 0. The zero-order valence-electron chi connectivity index (χ0n) is 7.87. The molecule has 0 heterocycles. The van der Waals surface area contributed by atoms with Crippen LogP contribution in [0.2, 0.25) is 5.02 Å². The van der Waals surface area contributed by atoms with Gasteiger partial charge in [0.05, 0.1) is 0 Å². The van der Waals surface area contributed by atoms with Crippen molar-refractivity contribution in [1.29, 1.82) is 0 Å². The van der Waals surface area contributed by atoms with Gasteiger partial charge in [-0.3, -0.25) is 0 Å². The van der Waals surface area contributed by atoms with E-state index in [1.54, 1.807) is 0 Å². The minimum absolute atomic E-state index is 0. The molecule has 0 aromatic heterocycles. The predicted molar refractivity (Wildman–Crippen MR) is 66.8 cm³/mol. The zero-order chi connectivity index (χ0) is 8.97. The van der Waals surface area contributed by atoms with Crippen molar-refractivity contribution >= 4 is 36.4 Å². The lowest BCUT2D eigenvalue weighted by molar-refractivity contribution is 0.606. The monoisotopic (exact) mass is 256 g/mol. The summed E-state index contributed by atoms with van der Waals surface area (Å²) in [6.07, 6.45) is 0. The molecule has 0 radical (unpaired) electrons. The number of likely N-dealkylation sites (N-methyl/N-ethyl adjacent to an activating group) is 1. The molecule has 0 fully saturated rings. The van der Waals surface area contributed by atoms with Crippen LogP contribution in [0.5, 0.6) is 0 Å². The normalized spacial score (nSPS) is 11.1. The molecule has 0 spiro atoms. The van der Waals surface area contributed by atoms with E-state index in [2.05, 4.69) is 5.32 Å². The highest BCUT2D eigenvalue weighted by Gasteiger charge is 2.08. The molecule has 1 atom stereocenters. The predicted octanol–water partition coefficient (Wildman–Crippen LogP) is 2.40. The average molecular weight is 258 g/mol. The molecule has 0 saturated carbocycles. The van der Waals surface area contributed by atoms with Crippen LogP contribution in [-0.4, -0.2) is 13.6 Å². The number of nitrogens with one attached hydrogen (secondary N) is 1. The van der Waals surface area contributed by atoms with E-state index in [9.17, 15) is 0 Å². The van der Waals surface area contributed by atoms with Crippen molar-refractivity contribution in [3.05, 3.63) is 34.9 Å². The summed E-state index contributed by atoms with van der Waals surface area (Å²) < 4.78 is 0. The van der Waals surface area contributed by atoms with E-state index in [0.29, 0.717) is 6.54 Å². The molecule has 14 heavy (non-hydrogen) atoms. The third kappa shape index (κ3) is 4.03. The molecular formula is C9H15Cl3N2. The van der Waals surface area contributed by atoms with Gasteiger partial charge in [0.15, 0.2) is 0 Å². The first kappa shape index (κ1) is 16.4. The van der Waals surface area contributed by atoms with Gasteiger partial charge in [-0.05, 0) is 18.7 Å². The molecule has 1 rings (SSSR count). The molecule has 1 aromatic carbocycles. The maximum Gasteiger partial charge on any atom is 0.0456 e. The van der Waals surface area contributed by atoms with E-state index in [1.807, 2.05) is 31.3 Å². The van der Waals surface area contributed by atoms with Crippen molar-refractivity contribution in [2.75, 3.05) is 13.6 Å². The van der Waals surface area contributed by atoms with Crippen molar-refractivity contribution in [3.63, 3.8) is 0 Å². The lowest BCUT2D eigenvalue weighted by Crippen LogP contribution is -2.24. The SMILES string of the molecule is CNC(CN)c1ccccc1Cl.Cl.Cl. The maximum absolute atomic E-state index is 5.98. The lowest BCUT2D eigenvalue weighted by atomic mass is 10.1. The van der Waals surface area contributed by atoms with Crippen LogP contribution >= 0.6 is 36.4 Å². The summed E-state index contributed by atoms with van der Waals surface area (Å²) in [6, 6.07) is 7.88. The first-order valence-corrected chi connectivity index (χ1v) is 4.29. The largest absolute Gasteiger partial charge is 0.329 e. The highest BCUT2D eigenvalue weighted by atomic mass is 35.5. The fourth-order valence-corrected chi connectivity index (χ4v) is 1.43. The Morgan fingerprint density at radius 2 is 1.93 bits per heavy atom. The third-order valence-electron chi connectivity index (χ3n) is 1.86. The van der Waals surface area contributed by atoms with Crippen LogP contribution in [-0.2, 0) is 0 Å². The van der Waals surface area contributed by atoms with Gasteiger partial charge in [0.1, 0.15) is 0 Å². The fourth-order valence-electron chi connectivity index (χ4n) is 1.16. The molecule has 82 valence electrons. The Bertz CT molecular complexity index is 252. The summed E-state index contributed by atoms with van der Waals surface area (Å²) in [4.78, 5) is 0. The summed E-state index contributed by atoms with van der Waals surface area (Å²) in [5, 5.41) is 3.87. The topological polar surface area (TPSA) is 38.0 Å². The van der Waals surface area contributed by atoms with E-state index in [-0.39, 0.29) is 30.9 Å². The number of rotatable bonds is 3. The Morgan fingerprint density at radius 3 is 2.36 bits per heavy atom. The number of hydrogen-bond donors (Lipinski definition) is 2. The van der Waals surface area contributed by atoms with Crippen LogP contribution in [0.3, 0.4) is 0 Å². The van der Waals surface area contributed by atoms with Crippen LogP contribution in [0.25, 0.3) is 0 Å². The van der Waals surface area contributed by atoms with Crippen LogP contribution in [0, 0.1) is 0 Å². The summed E-state index contributed by atoms with van der Waals surface area (Å²) in [6.45, 7) is 0.556. The van der Waals surface area contributed by atoms with Gasteiger partial charge in [-0.25, -0.2) is 0 Å². The van der Waals surface area contributed by atoms with Gasteiger partial charge in [-0.2, -0.15) is 0 Å². The molecular weight excluding hydrogens is 242 g/mol. The van der Waals surface area contributed by atoms with Crippen molar-refractivity contribution in [2.45, 2.75) is 6.04 Å². The van der Waals surface area contributed by atoms with Gasteiger partial charge in [0.25, 0.3) is 0 Å². The van der Waals surface area contributed by atoms with Crippen molar-refractivity contribution in [3.8, 4) is 0 Å². The average Bonchev–Trinajstić information content (AvgIpc) is 2.10. The Kier molecular flexibility index (Phi) is 9.78. The summed E-state index contributed by atoms with van der Waals surface area (Å²) in [7, 11) is 1.88. The number of halogens is 3. The number of nitrogens with two attached hydrogens (primary N) is 1. The minimum Gasteiger partial charge on any atom is -0.329 e. The molecule has 0 bridgehead atoms. The molecule has 0 aliphatic heterocycles. The summed E-state index contributed by atoms with van der Waals surface area (Å²) in [5.74, 6) is 0. The van der Waals surface area contributed by atoms with E-state index in [0.717, 1.165) is 10.6 Å². The fraction of sp³-hybridized carbons (Fsp3) is 0.333. The summed E-state index contributed by atoms with van der Waals surface area (Å²) in [5.41, 5.74) is 6.62. The van der Waals surface area contributed by atoms with Crippen molar-refractivity contribution < 1.29 is 0 Å². The molecule has 0 aliphatic carbocycles. The standard InChI is InChI=1S/C9H13ClN2.2ClH/c1-12-9(6-11)7-4-2-3-5-8(7)10;;/h2-5,9,12H,6,11H2,1H3;2*1H. The van der Waals surface area contributed by atoms with Crippen molar-refractivity contribution in [2.24, 2.45) is 5.73 Å². The van der Waals surface area contributed by atoms with E-state index >= 15 is 0 Å². The van der Waals surface area contributed by atoms with E-state index in [1.165, 1.54) is 0 Å². The zero-order valence-corrected chi connectivity index (χ0v) is 10.3.